The van der Waals surface area contributed by atoms with Crippen molar-refractivity contribution in [2.24, 2.45) is 0 Å². The molecule has 3 N–H and O–H groups in total. The molecular weight excluding hydrogens is 286 g/mol. The molecule has 1 aliphatic rings. The van der Waals surface area contributed by atoms with Crippen molar-refractivity contribution in [2.75, 3.05) is 18.5 Å². The predicted octanol–water partition coefficient (Wildman–Crippen LogP) is 0.129. The summed E-state index contributed by atoms with van der Waals surface area (Å²) >= 11 is 0. The molecule has 1 aromatic carbocycles. The summed E-state index contributed by atoms with van der Waals surface area (Å²) in [5, 5.41) is 18.4. The maximum absolute atomic E-state index is 12.1. The van der Waals surface area contributed by atoms with E-state index in [9.17, 15) is 9.59 Å². The molecule has 0 saturated carbocycles. The van der Waals surface area contributed by atoms with Crippen LogP contribution in [0.1, 0.15) is 0 Å². The Labute approximate surface area is 125 Å². The van der Waals surface area contributed by atoms with E-state index in [0.717, 1.165) is 10.5 Å². The fourth-order valence-corrected chi connectivity index (χ4v) is 2.19. The summed E-state index contributed by atoms with van der Waals surface area (Å²) in [7, 11) is 0. The van der Waals surface area contributed by atoms with Crippen molar-refractivity contribution in [1.29, 1.82) is 0 Å². The third kappa shape index (κ3) is 2.47. The number of β-amino-alcohol motifs (C(OH)–C–C–N with tert-alkyl or cyclic N) is 1. The molecule has 112 valence electrons. The molecule has 0 fully saturated rings. The number of carbonyl (C=O) groups excluding carboxylic acids is 2. The second-order valence-electron chi connectivity index (χ2n) is 4.58. The van der Waals surface area contributed by atoms with Crippen molar-refractivity contribution in [2.45, 2.75) is 0 Å². The number of nitrogens with one attached hydrogen (secondary N) is 2. The van der Waals surface area contributed by atoms with Crippen molar-refractivity contribution >= 4 is 17.5 Å². The smallest absolute Gasteiger partial charge is 0.277 e. The summed E-state index contributed by atoms with van der Waals surface area (Å²) in [5.74, 6) is -0.363. The van der Waals surface area contributed by atoms with Gasteiger partial charge in [-0.15, -0.1) is 0 Å². The second kappa shape index (κ2) is 5.78. The Hall–Kier alpha value is -3.00. The van der Waals surface area contributed by atoms with E-state index in [1.54, 1.807) is 12.1 Å². The van der Waals surface area contributed by atoms with E-state index in [1.807, 2.05) is 12.1 Å². The normalized spacial score (nSPS) is 14.4. The van der Waals surface area contributed by atoms with Crippen LogP contribution < -0.4 is 5.32 Å². The molecule has 2 aromatic rings. The first-order valence-electron chi connectivity index (χ1n) is 6.61. The molecular formula is C14H13N5O3. The lowest BCUT2D eigenvalue weighted by Gasteiger charge is -2.14. The van der Waals surface area contributed by atoms with E-state index >= 15 is 0 Å². The number of nitrogens with zero attached hydrogens (tertiary/aromatic N) is 3. The van der Waals surface area contributed by atoms with E-state index in [0.29, 0.717) is 11.5 Å². The minimum Gasteiger partial charge on any atom is -0.395 e. The SMILES string of the molecule is O=C1C=C(Nc2ccccc2-c2ncn[nH]2)C(=O)N1CCO. The van der Waals surface area contributed by atoms with Gasteiger partial charge in [0.1, 0.15) is 12.0 Å². The molecule has 0 spiro atoms. The van der Waals surface area contributed by atoms with Crippen molar-refractivity contribution in [3.8, 4) is 11.4 Å². The highest BCUT2D eigenvalue weighted by atomic mass is 16.3. The van der Waals surface area contributed by atoms with E-state index in [4.69, 9.17) is 5.11 Å². The number of amides is 2. The van der Waals surface area contributed by atoms with Crippen molar-refractivity contribution in [3.05, 3.63) is 42.4 Å². The number of aliphatic hydroxyl groups is 1. The number of rotatable bonds is 5. The molecule has 0 aliphatic carbocycles. The average Bonchev–Trinajstić information content (AvgIpc) is 3.13. The van der Waals surface area contributed by atoms with Crippen LogP contribution in [0.15, 0.2) is 42.4 Å². The lowest BCUT2D eigenvalue weighted by molar-refractivity contribution is -0.137. The van der Waals surface area contributed by atoms with Crippen LogP contribution in [0.2, 0.25) is 0 Å². The zero-order valence-electron chi connectivity index (χ0n) is 11.5. The number of H-pyrrole nitrogens is 1. The Morgan fingerprint density at radius 3 is 2.82 bits per heavy atom. The third-order valence-corrected chi connectivity index (χ3v) is 3.20. The summed E-state index contributed by atoms with van der Waals surface area (Å²) in [6, 6.07) is 7.22. The highest BCUT2D eigenvalue weighted by Crippen LogP contribution is 2.26. The van der Waals surface area contributed by atoms with Crippen LogP contribution in [0.3, 0.4) is 0 Å². The second-order valence-corrected chi connectivity index (χ2v) is 4.58. The maximum atomic E-state index is 12.1. The van der Waals surface area contributed by atoms with Gasteiger partial charge in [-0.1, -0.05) is 12.1 Å². The lowest BCUT2D eigenvalue weighted by Crippen LogP contribution is -2.34. The zero-order chi connectivity index (χ0) is 15.5. The van der Waals surface area contributed by atoms with Crippen LogP contribution in [0.25, 0.3) is 11.4 Å². The summed E-state index contributed by atoms with van der Waals surface area (Å²) in [5.41, 5.74) is 1.50. The molecule has 2 amide bonds. The van der Waals surface area contributed by atoms with Crippen molar-refractivity contribution in [3.63, 3.8) is 0 Å². The first kappa shape index (κ1) is 14.0. The summed E-state index contributed by atoms with van der Waals surface area (Å²) in [4.78, 5) is 28.9. The van der Waals surface area contributed by atoms with E-state index < -0.39 is 11.8 Å². The Kier molecular flexibility index (Phi) is 3.67. The van der Waals surface area contributed by atoms with Gasteiger partial charge in [0.2, 0.25) is 0 Å². The summed E-state index contributed by atoms with van der Waals surface area (Å²) < 4.78 is 0. The molecule has 0 bridgehead atoms. The van der Waals surface area contributed by atoms with Gasteiger partial charge in [-0.05, 0) is 12.1 Å². The number of imide groups is 1. The molecule has 0 radical (unpaired) electrons. The number of para-hydroxylation sites is 1. The highest BCUT2D eigenvalue weighted by molar-refractivity contribution is 6.17. The van der Waals surface area contributed by atoms with E-state index in [1.165, 1.54) is 12.4 Å². The first-order valence-corrected chi connectivity index (χ1v) is 6.61. The van der Waals surface area contributed by atoms with Gasteiger partial charge in [0.15, 0.2) is 5.82 Å². The third-order valence-electron chi connectivity index (χ3n) is 3.20. The minimum absolute atomic E-state index is 0.0247. The van der Waals surface area contributed by atoms with Gasteiger partial charge in [-0.3, -0.25) is 19.6 Å². The molecule has 22 heavy (non-hydrogen) atoms. The molecule has 1 aromatic heterocycles. The Morgan fingerprint density at radius 1 is 1.27 bits per heavy atom. The van der Waals surface area contributed by atoms with Crippen LogP contribution in [-0.4, -0.2) is 50.2 Å². The van der Waals surface area contributed by atoms with Gasteiger partial charge < -0.3 is 10.4 Å². The molecule has 2 heterocycles. The van der Waals surface area contributed by atoms with Gasteiger partial charge in [0.05, 0.1) is 13.2 Å². The van der Waals surface area contributed by atoms with Gasteiger partial charge >= 0.3 is 0 Å². The molecule has 3 rings (SSSR count). The van der Waals surface area contributed by atoms with Gasteiger partial charge in [0, 0.05) is 17.3 Å². The van der Waals surface area contributed by atoms with Gasteiger partial charge in [-0.25, -0.2) is 4.98 Å². The Balaban J connectivity index is 1.88. The highest BCUT2D eigenvalue weighted by Gasteiger charge is 2.30. The Bertz CT molecular complexity index is 739. The number of benzene rings is 1. The fourth-order valence-electron chi connectivity index (χ4n) is 2.19. The number of aromatic nitrogens is 3. The first-order chi connectivity index (χ1) is 10.7. The average molecular weight is 299 g/mol. The predicted molar refractivity (Wildman–Crippen MR) is 77.3 cm³/mol. The number of hydrogen-bond donors (Lipinski definition) is 3. The van der Waals surface area contributed by atoms with Crippen LogP contribution in [0.5, 0.6) is 0 Å². The van der Waals surface area contributed by atoms with Crippen LogP contribution >= 0.6 is 0 Å². The number of aliphatic hydroxyl groups excluding tert-OH is 1. The standard InChI is InChI=1S/C14H13N5O3/c20-6-5-19-12(21)7-11(14(19)22)17-10-4-2-1-3-9(10)13-15-8-16-18-13/h1-4,7-8,17,20H,5-6H2,(H,15,16,18). The molecule has 0 saturated heterocycles. The minimum atomic E-state index is -0.466. The summed E-state index contributed by atoms with van der Waals surface area (Å²) in [6.07, 6.45) is 2.60. The van der Waals surface area contributed by atoms with Crippen LogP contribution in [-0.2, 0) is 9.59 Å². The number of carbonyl (C=O) groups is 2. The largest absolute Gasteiger partial charge is 0.395 e. The van der Waals surface area contributed by atoms with Crippen molar-refractivity contribution in [1.82, 2.24) is 20.1 Å². The molecule has 0 atom stereocenters. The Morgan fingerprint density at radius 2 is 2.09 bits per heavy atom. The van der Waals surface area contributed by atoms with Crippen molar-refractivity contribution < 1.29 is 14.7 Å². The zero-order valence-corrected chi connectivity index (χ0v) is 11.5. The molecule has 0 unspecified atom stereocenters. The quantitative estimate of drug-likeness (QED) is 0.677. The number of aromatic amines is 1. The number of anilines is 1. The van der Waals surface area contributed by atoms with Gasteiger partial charge in [0.25, 0.3) is 11.8 Å². The van der Waals surface area contributed by atoms with Gasteiger partial charge in [-0.2, -0.15) is 5.10 Å². The van der Waals surface area contributed by atoms with Crippen LogP contribution in [0, 0.1) is 0 Å². The van der Waals surface area contributed by atoms with E-state index in [2.05, 4.69) is 20.5 Å². The fraction of sp³-hybridized carbons (Fsp3) is 0.143. The monoisotopic (exact) mass is 299 g/mol. The van der Waals surface area contributed by atoms with E-state index in [-0.39, 0.29) is 18.8 Å². The topological polar surface area (TPSA) is 111 Å². The number of hydrogen-bond acceptors (Lipinski definition) is 6. The lowest BCUT2D eigenvalue weighted by atomic mass is 10.1. The molecule has 1 aliphatic heterocycles. The van der Waals surface area contributed by atoms with Crippen LogP contribution in [0.4, 0.5) is 5.69 Å². The molecule has 8 heteroatoms. The summed E-state index contributed by atoms with van der Waals surface area (Å²) in [6.45, 7) is -0.295. The maximum Gasteiger partial charge on any atom is 0.277 e. The molecule has 8 nitrogen and oxygen atoms in total.